The Kier molecular flexibility index (Phi) is 4.47. The molecule has 3 N–H and O–H groups in total. The summed E-state index contributed by atoms with van der Waals surface area (Å²) in [5.41, 5.74) is 6.58. The molecule has 4 heteroatoms. The molecule has 0 amide bonds. The zero-order chi connectivity index (χ0) is 14.6. The largest absolute Gasteiger partial charge is 0.395 e. The first-order valence-corrected chi connectivity index (χ1v) is 6.41. The second kappa shape index (κ2) is 6.11. The number of nitrogens with two attached hydrogens (primary N) is 1. The molecule has 2 aromatic rings. The highest BCUT2D eigenvalue weighted by atomic mass is 19.1. The third kappa shape index (κ3) is 3.03. The minimum Gasteiger partial charge on any atom is -0.395 e. The van der Waals surface area contributed by atoms with Gasteiger partial charge in [0.15, 0.2) is 0 Å². The van der Waals surface area contributed by atoms with Gasteiger partial charge in [0.1, 0.15) is 11.6 Å². The maximum atomic E-state index is 13.3. The smallest absolute Gasteiger partial charge is 0.123 e. The Bertz CT molecular complexity index is 565. The second-order valence-electron chi connectivity index (χ2n) is 4.96. The average molecular weight is 277 g/mol. The Morgan fingerprint density at radius 1 is 1.00 bits per heavy atom. The Labute approximate surface area is 116 Å². The van der Waals surface area contributed by atoms with Gasteiger partial charge in [0.25, 0.3) is 0 Å². The molecular formula is C16H17F2NO. The third-order valence-electron chi connectivity index (χ3n) is 3.58. The van der Waals surface area contributed by atoms with Crippen LogP contribution in [0, 0.1) is 11.6 Å². The van der Waals surface area contributed by atoms with Crippen LogP contribution in [0.5, 0.6) is 0 Å². The Morgan fingerprint density at radius 3 is 2.25 bits per heavy atom. The molecule has 0 saturated heterocycles. The first kappa shape index (κ1) is 14.6. The highest BCUT2D eigenvalue weighted by Gasteiger charge is 2.30. The van der Waals surface area contributed by atoms with Gasteiger partial charge in [0.2, 0.25) is 0 Å². The van der Waals surface area contributed by atoms with Crippen LogP contribution in [-0.2, 0) is 11.8 Å². The number of aliphatic hydroxyl groups is 1. The van der Waals surface area contributed by atoms with E-state index < -0.39 is 5.41 Å². The SMILES string of the molecule is NCC(CO)(Cc1cccc(F)c1)c1ccc(F)cc1. The summed E-state index contributed by atoms with van der Waals surface area (Å²) in [6.07, 6.45) is 0.392. The molecule has 0 aliphatic carbocycles. The van der Waals surface area contributed by atoms with Crippen molar-refractivity contribution in [2.75, 3.05) is 13.2 Å². The molecule has 0 heterocycles. The summed E-state index contributed by atoms with van der Waals surface area (Å²) in [5.74, 6) is -0.672. The van der Waals surface area contributed by atoms with Gasteiger partial charge in [-0.1, -0.05) is 24.3 Å². The minimum absolute atomic E-state index is 0.186. The van der Waals surface area contributed by atoms with Crippen molar-refractivity contribution in [2.45, 2.75) is 11.8 Å². The molecule has 1 atom stereocenters. The maximum absolute atomic E-state index is 13.3. The monoisotopic (exact) mass is 277 g/mol. The fourth-order valence-corrected chi connectivity index (χ4v) is 2.34. The van der Waals surface area contributed by atoms with E-state index in [0.29, 0.717) is 6.42 Å². The van der Waals surface area contributed by atoms with Gasteiger partial charge in [0.05, 0.1) is 6.61 Å². The van der Waals surface area contributed by atoms with Crippen molar-refractivity contribution < 1.29 is 13.9 Å². The second-order valence-corrected chi connectivity index (χ2v) is 4.96. The molecule has 0 spiro atoms. The summed E-state index contributed by atoms with van der Waals surface area (Å²) < 4.78 is 26.3. The summed E-state index contributed by atoms with van der Waals surface area (Å²) in [5, 5.41) is 9.76. The molecule has 2 aromatic carbocycles. The van der Waals surface area contributed by atoms with Crippen molar-refractivity contribution in [1.82, 2.24) is 0 Å². The molecule has 2 nitrogen and oxygen atoms in total. The molecule has 0 fully saturated rings. The number of hydrogen-bond donors (Lipinski definition) is 2. The fraction of sp³-hybridized carbons (Fsp3) is 0.250. The van der Waals surface area contributed by atoms with Gasteiger partial charge in [-0.15, -0.1) is 0 Å². The van der Waals surface area contributed by atoms with Crippen LogP contribution >= 0.6 is 0 Å². The highest BCUT2D eigenvalue weighted by Crippen LogP contribution is 2.28. The first-order valence-electron chi connectivity index (χ1n) is 6.41. The van der Waals surface area contributed by atoms with Crippen LogP contribution in [0.2, 0.25) is 0 Å². The summed E-state index contributed by atoms with van der Waals surface area (Å²) >= 11 is 0. The third-order valence-corrected chi connectivity index (χ3v) is 3.58. The molecule has 0 saturated carbocycles. The van der Waals surface area contributed by atoms with E-state index in [0.717, 1.165) is 11.1 Å². The molecule has 1 unspecified atom stereocenters. The van der Waals surface area contributed by atoms with Crippen LogP contribution < -0.4 is 5.73 Å². The molecule has 106 valence electrons. The normalized spacial score (nSPS) is 14.0. The zero-order valence-corrected chi connectivity index (χ0v) is 11.0. The van der Waals surface area contributed by atoms with Crippen LogP contribution in [-0.4, -0.2) is 18.3 Å². The number of aliphatic hydroxyl groups excluding tert-OH is 1. The van der Waals surface area contributed by atoms with E-state index in [2.05, 4.69) is 0 Å². The van der Waals surface area contributed by atoms with E-state index >= 15 is 0 Å². The van der Waals surface area contributed by atoms with Gasteiger partial charge >= 0.3 is 0 Å². The van der Waals surface area contributed by atoms with Gasteiger partial charge in [-0.25, -0.2) is 8.78 Å². The van der Waals surface area contributed by atoms with E-state index in [-0.39, 0.29) is 24.8 Å². The van der Waals surface area contributed by atoms with Gasteiger partial charge in [-0.2, -0.15) is 0 Å². The average Bonchev–Trinajstić information content (AvgIpc) is 2.46. The number of hydrogen-bond acceptors (Lipinski definition) is 2. The van der Waals surface area contributed by atoms with Crippen LogP contribution in [0.1, 0.15) is 11.1 Å². The molecule has 0 aromatic heterocycles. The molecule has 2 rings (SSSR count). The van der Waals surface area contributed by atoms with Crippen LogP contribution in [0.15, 0.2) is 48.5 Å². The lowest BCUT2D eigenvalue weighted by molar-refractivity contribution is 0.196. The minimum atomic E-state index is -0.735. The summed E-state index contributed by atoms with van der Waals surface area (Å²) in [6, 6.07) is 12.1. The van der Waals surface area contributed by atoms with Crippen molar-refractivity contribution in [3.8, 4) is 0 Å². The van der Waals surface area contributed by atoms with Gasteiger partial charge in [-0.05, 0) is 41.8 Å². The van der Waals surface area contributed by atoms with Gasteiger partial charge in [-0.3, -0.25) is 0 Å². The molecule has 0 radical (unpaired) electrons. The van der Waals surface area contributed by atoms with Gasteiger partial charge < -0.3 is 10.8 Å². The Hall–Kier alpha value is -1.78. The van der Waals surface area contributed by atoms with E-state index in [9.17, 15) is 13.9 Å². The quantitative estimate of drug-likeness (QED) is 0.881. The standard InChI is InChI=1S/C16H17F2NO/c17-14-6-4-13(5-7-14)16(10-19,11-20)9-12-2-1-3-15(18)8-12/h1-8,20H,9-11,19H2. The molecule has 20 heavy (non-hydrogen) atoms. The van der Waals surface area contributed by atoms with Crippen LogP contribution in [0.3, 0.4) is 0 Å². The summed E-state index contributed by atoms with van der Waals surface area (Å²) in [6.45, 7) is -0.00269. The number of rotatable bonds is 5. The predicted octanol–water partition coefficient (Wildman–Crippen LogP) is 2.40. The highest BCUT2D eigenvalue weighted by molar-refractivity contribution is 5.31. The van der Waals surface area contributed by atoms with E-state index in [1.165, 1.54) is 24.3 Å². The van der Waals surface area contributed by atoms with Crippen LogP contribution in [0.25, 0.3) is 0 Å². The first-order chi connectivity index (χ1) is 9.59. The Morgan fingerprint density at radius 2 is 1.70 bits per heavy atom. The fourth-order valence-electron chi connectivity index (χ4n) is 2.34. The van der Waals surface area contributed by atoms with Crippen LogP contribution in [0.4, 0.5) is 8.78 Å². The van der Waals surface area contributed by atoms with E-state index in [1.807, 2.05) is 0 Å². The Balaban J connectivity index is 2.36. The molecule has 0 aliphatic rings. The van der Waals surface area contributed by atoms with E-state index in [1.54, 1.807) is 24.3 Å². The van der Waals surface area contributed by atoms with Gasteiger partial charge in [0, 0.05) is 12.0 Å². The predicted molar refractivity (Wildman–Crippen MR) is 74.3 cm³/mol. The maximum Gasteiger partial charge on any atom is 0.123 e. The lowest BCUT2D eigenvalue weighted by Gasteiger charge is -2.31. The van der Waals surface area contributed by atoms with Crippen molar-refractivity contribution in [3.05, 3.63) is 71.3 Å². The summed E-state index contributed by atoms with van der Waals surface area (Å²) in [7, 11) is 0. The zero-order valence-electron chi connectivity index (χ0n) is 11.0. The van der Waals surface area contributed by atoms with Crippen molar-refractivity contribution in [3.63, 3.8) is 0 Å². The molecule has 0 aliphatic heterocycles. The van der Waals surface area contributed by atoms with Crippen molar-refractivity contribution in [2.24, 2.45) is 5.73 Å². The molecule has 0 bridgehead atoms. The lowest BCUT2D eigenvalue weighted by Crippen LogP contribution is -2.41. The number of halogens is 2. The summed E-state index contributed by atoms with van der Waals surface area (Å²) in [4.78, 5) is 0. The van der Waals surface area contributed by atoms with E-state index in [4.69, 9.17) is 5.73 Å². The molecular weight excluding hydrogens is 260 g/mol. The van der Waals surface area contributed by atoms with Crippen molar-refractivity contribution >= 4 is 0 Å². The van der Waals surface area contributed by atoms with Crippen molar-refractivity contribution in [1.29, 1.82) is 0 Å². The number of benzene rings is 2. The topological polar surface area (TPSA) is 46.2 Å². The lowest BCUT2D eigenvalue weighted by atomic mass is 9.76.